The van der Waals surface area contributed by atoms with Gasteiger partial charge in [-0.3, -0.25) is 0 Å². The number of fused-ring (bicyclic) bond motifs is 1. The van der Waals surface area contributed by atoms with Crippen molar-refractivity contribution in [1.82, 2.24) is 9.97 Å². The summed E-state index contributed by atoms with van der Waals surface area (Å²) in [4.78, 5) is 8.66. The van der Waals surface area contributed by atoms with E-state index in [4.69, 9.17) is 23.2 Å². The van der Waals surface area contributed by atoms with Gasteiger partial charge in [-0.15, -0.1) is 0 Å². The lowest BCUT2D eigenvalue weighted by atomic mass is 10.1. The van der Waals surface area contributed by atoms with E-state index in [0.717, 1.165) is 10.9 Å². The number of aromatic nitrogens is 2. The molecule has 3 aromatic rings. The maximum Gasteiger partial charge on any atom is 0.163 e. The fourth-order valence-corrected chi connectivity index (χ4v) is 2.64. The van der Waals surface area contributed by atoms with E-state index in [2.05, 4.69) is 9.97 Å². The molecule has 0 fully saturated rings. The average molecular weight is 307 g/mol. The molecule has 0 radical (unpaired) electrons. The summed E-state index contributed by atoms with van der Waals surface area (Å²) in [5, 5.41) is 1.13. The molecule has 0 bridgehead atoms. The molecule has 5 heteroatoms. The summed E-state index contributed by atoms with van der Waals surface area (Å²) in [5.74, 6) is -0.189. The van der Waals surface area contributed by atoms with Gasteiger partial charge in [0.25, 0.3) is 0 Å². The molecule has 1 aromatic heterocycles. The van der Waals surface area contributed by atoms with Gasteiger partial charge < -0.3 is 0 Å². The standard InChI is InChI=1S/C15H9Cl2FN2/c1-8-4-2-7-11-12(8)14(17)20-15(19-11)9-5-3-6-10(18)13(9)16/h2-7H,1H3. The number of benzene rings is 2. The van der Waals surface area contributed by atoms with E-state index in [-0.39, 0.29) is 5.02 Å². The highest BCUT2D eigenvalue weighted by Gasteiger charge is 2.14. The number of hydrogen-bond donors (Lipinski definition) is 0. The van der Waals surface area contributed by atoms with Crippen LogP contribution in [0.4, 0.5) is 4.39 Å². The first-order valence-corrected chi connectivity index (χ1v) is 6.71. The van der Waals surface area contributed by atoms with E-state index in [1.54, 1.807) is 12.1 Å². The molecule has 0 spiro atoms. The molecular weight excluding hydrogens is 298 g/mol. The van der Waals surface area contributed by atoms with E-state index in [9.17, 15) is 4.39 Å². The SMILES string of the molecule is Cc1cccc2nc(-c3cccc(F)c3Cl)nc(Cl)c12. The second kappa shape index (κ2) is 5.00. The van der Waals surface area contributed by atoms with Crippen molar-refractivity contribution in [1.29, 1.82) is 0 Å². The van der Waals surface area contributed by atoms with Crippen LogP contribution in [0.2, 0.25) is 10.2 Å². The van der Waals surface area contributed by atoms with Crippen molar-refractivity contribution in [3.05, 3.63) is 58.0 Å². The Morgan fingerprint density at radius 2 is 1.75 bits per heavy atom. The first-order chi connectivity index (χ1) is 9.58. The topological polar surface area (TPSA) is 25.8 Å². The van der Waals surface area contributed by atoms with Crippen molar-refractivity contribution >= 4 is 34.1 Å². The Balaban J connectivity index is 2.31. The predicted octanol–water partition coefficient (Wildman–Crippen LogP) is 5.05. The van der Waals surface area contributed by atoms with Gasteiger partial charge in [0.1, 0.15) is 11.0 Å². The Morgan fingerprint density at radius 3 is 2.55 bits per heavy atom. The fourth-order valence-electron chi connectivity index (χ4n) is 2.10. The molecule has 2 aromatic carbocycles. The fraction of sp³-hybridized carbons (Fsp3) is 0.0667. The zero-order valence-electron chi connectivity index (χ0n) is 10.5. The smallest absolute Gasteiger partial charge is 0.163 e. The van der Waals surface area contributed by atoms with E-state index in [0.29, 0.717) is 22.1 Å². The Morgan fingerprint density at radius 1 is 1.00 bits per heavy atom. The highest BCUT2D eigenvalue weighted by molar-refractivity contribution is 6.35. The highest BCUT2D eigenvalue weighted by atomic mass is 35.5. The Labute approximate surface area is 125 Å². The molecule has 0 unspecified atom stereocenters. The third-order valence-corrected chi connectivity index (χ3v) is 3.74. The second-order valence-corrected chi connectivity index (χ2v) is 5.14. The maximum absolute atomic E-state index is 13.5. The molecule has 0 aliphatic carbocycles. The second-order valence-electron chi connectivity index (χ2n) is 4.41. The molecule has 0 aliphatic heterocycles. The zero-order chi connectivity index (χ0) is 14.3. The Bertz CT molecular complexity index is 818. The Hall–Kier alpha value is -1.71. The van der Waals surface area contributed by atoms with Crippen molar-refractivity contribution in [2.45, 2.75) is 6.92 Å². The largest absolute Gasteiger partial charge is 0.228 e. The maximum atomic E-state index is 13.5. The minimum Gasteiger partial charge on any atom is -0.228 e. The lowest BCUT2D eigenvalue weighted by Crippen LogP contribution is -1.94. The van der Waals surface area contributed by atoms with E-state index in [1.807, 2.05) is 25.1 Å². The monoisotopic (exact) mass is 306 g/mol. The van der Waals surface area contributed by atoms with Gasteiger partial charge in [0.15, 0.2) is 5.82 Å². The number of nitrogens with zero attached hydrogens (tertiary/aromatic N) is 2. The lowest BCUT2D eigenvalue weighted by Gasteiger charge is -2.08. The molecular formula is C15H9Cl2FN2. The van der Waals surface area contributed by atoms with Gasteiger partial charge in [-0.05, 0) is 30.7 Å². The summed E-state index contributed by atoms with van der Waals surface area (Å²) in [6, 6.07) is 10.2. The minimum atomic E-state index is -0.506. The third-order valence-electron chi connectivity index (χ3n) is 3.08. The number of halogens is 3. The van der Waals surface area contributed by atoms with Crippen LogP contribution < -0.4 is 0 Å². The van der Waals surface area contributed by atoms with Gasteiger partial charge >= 0.3 is 0 Å². The quantitative estimate of drug-likeness (QED) is 0.588. The average Bonchev–Trinajstić information content (AvgIpc) is 2.41. The predicted molar refractivity (Wildman–Crippen MR) is 79.7 cm³/mol. The highest BCUT2D eigenvalue weighted by Crippen LogP contribution is 2.31. The van der Waals surface area contributed by atoms with Crippen LogP contribution in [0.25, 0.3) is 22.3 Å². The molecule has 0 amide bonds. The molecule has 3 rings (SSSR count). The van der Waals surface area contributed by atoms with Crippen LogP contribution in [0.1, 0.15) is 5.56 Å². The van der Waals surface area contributed by atoms with Gasteiger partial charge in [-0.2, -0.15) is 0 Å². The van der Waals surface area contributed by atoms with Crippen molar-refractivity contribution < 1.29 is 4.39 Å². The summed E-state index contributed by atoms with van der Waals surface area (Å²) in [6.07, 6.45) is 0. The van der Waals surface area contributed by atoms with Gasteiger partial charge in [0.05, 0.1) is 10.5 Å². The van der Waals surface area contributed by atoms with Gasteiger partial charge in [-0.1, -0.05) is 41.4 Å². The van der Waals surface area contributed by atoms with Crippen LogP contribution in [0.3, 0.4) is 0 Å². The number of hydrogen-bond acceptors (Lipinski definition) is 2. The third kappa shape index (κ3) is 2.13. The summed E-state index contributed by atoms with van der Waals surface area (Å²) >= 11 is 12.2. The summed E-state index contributed by atoms with van der Waals surface area (Å²) in [5.41, 5.74) is 2.13. The Kier molecular flexibility index (Phi) is 3.32. The van der Waals surface area contributed by atoms with Crippen LogP contribution in [0, 0.1) is 12.7 Å². The van der Waals surface area contributed by atoms with Crippen LogP contribution >= 0.6 is 23.2 Å². The molecule has 20 heavy (non-hydrogen) atoms. The normalized spacial score (nSPS) is 11.0. The minimum absolute atomic E-state index is 0.00410. The van der Waals surface area contributed by atoms with Crippen molar-refractivity contribution in [2.75, 3.05) is 0 Å². The zero-order valence-corrected chi connectivity index (χ0v) is 12.0. The van der Waals surface area contributed by atoms with E-state index < -0.39 is 5.82 Å². The van der Waals surface area contributed by atoms with E-state index in [1.165, 1.54) is 6.07 Å². The molecule has 1 heterocycles. The van der Waals surface area contributed by atoms with Crippen molar-refractivity contribution in [2.24, 2.45) is 0 Å². The number of aryl methyl sites for hydroxylation is 1. The molecule has 2 nitrogen and oxygen atoms in total. The van der Waals surface area contributed by atoms with Gasteiger partial charge in [0.2, 0.25) is 0 Å². The molecule has 0 atom stereocenters. The van der Waals surface area contributed by atoms with Crippen LogP contribution in [-0.4, -0.2) is 9.97 Å². The first-order valence-electron chi connectivity index (χ1n) is 5.95. The van der Waals surface area contributed by atoms with Crippen LogP contribution in [-0.2, 0) is 0 Å². The summed E-state index contributed by atoms with van der Waals surface area (Å²) in [7, 11) is 0. The molecule has 0 saturated carbocycles. The van der Waals surface area contributed by atoms with Crippen LogP contribution in [0.5, 0.6) is 0 Å². The van der Waals surface area contributed by atoms with Gasteiger partial charge in [-0.25, -0.2) is 14.4 Å². The summed E-state index contributed by atoms with van der Waals surface area (Å²) in [6.45, 7) is 1.94. The molecule has 0 saturated heterocycles. The molecule has 100 valence electrons. The van der Waals surface area contributed by atoms with Crippen LogP contribution in [0.15, 0.2) is 36.4 Å². The molecule has 0 aliphatic rings. The van der Waals surface area contributed by atoms with Crippen molar-refractivity contribution in [3.63, 3.8) is 0 Å². The number of rotatable bonds is 1. The molecule has 0 N–H and O–H groups in total. The van der Waals surface area contributed by atoms with Gasteiger partial charge in [0, 0.05) is 10.9 Å². The van der Waals surface area contributed by atoms with Crippen molar-refractivity contribution in [3.8, 4) is 11.4 Å². The summed E-state index contributed by atoms with van der Waals surface area (Å²) < 4.78 is 13.5. The lowest BCUT2D eigenvalue weighted by molar-refractivity contribution is 0.628. The van der Waals surface area contributed by atoms with E-state index >= 15 is 0 Å². The first kappa shape index (κ1) is 13.3.